The van der Waals surface area contributed by atoms with Gasteiger partial charge in [0.15, 0.2) is 0 Å². The van der Waals surface area contributed by atoms with Gasteiger partial charge in [-0.2, -0.15) is 0 Å². The van der Waals surface area contributed by atoms with Crippen molar-refractivity contribution in [1.82, 2.24) is 20.0 Å². The summed E-state index contributed by atoms with van der Waals surface area (Å²) in [4.78, 5) is 55.6. The van der Waals surface area contributed by atoms with Gasteiger partial charge in [-0.05, 0) is 102 Å². The number of hydrogen-bond acceptors (Lipinski definition) is 8. The maximum absolute atomic E-state index is 13.1. The maximum Gasteiger partial charge on any atom is 0.410 e. The summed E-state index contributed by atoms with van der Waals surface area (Å²) in [6.07, 6.45) is 4.59. The van der Waals surface area contributed by atoms with Gasteiger partial charge in [0.25, 0.3) is 0 Å². The highest BCUT2D eigenvalue weighted by molar-refractivity contribution is 5.69. The van der Waals surface area contributed by atoms with Gasteiger partial charge in [0, 0.05) is 45.8 Å². The molecule has 0 bridgehead atoms. The molecule has 0 aliphatic rings. The number of carbonyl (C=O) groups is 4. The number of nitrogens with one attached hydrogen (secondary N) is 1. The third-order valence-electron chi connectivity index (χ3n) is 5.68. The van der Waals surface area contributed by atoms with Crippen molar-refractivity contribution in [2.45, 2.75) is 138 Å². The molecule has 1 N–H and O–H groups in total. The molecule has 0 unspecified atom stereocenters. The highest BCUT2D eigenvalue weighted by Crippen LogP contribution is 2.14. The molecule has 46 heavy (non-hydrogen) atoms. The average molecular weight is 657 g/mol. The number of ether oxygens (including phenoxy) is 4. The van der Waals surface area contributed by atoms with Crippen LogP contribution < -0.4 is 5.32 Å². The molecule has 0 atom stereocenters. The van der Waals surface area contributed by atoms with Crippen molar-refractivity contribution in [2.24, 2.45) is 0 Å². The van der Waals surface area contributed by atoms with Crippen molar-refractivity contribution >= 4 is 24.4 Å². The second-order valence-corrected chi connectivity index (χ2v) is 15.3. The average Bonchev–Trinajstić information content (AvgIpc) is 2.83. The first-order valence-electron chi connectivity index (χ1n) is 16.5. The molecular formula is C34H64N4O8. The Morgan fingerprint density at radius 1 is 0.522 bits per heavy atom. The lowest BCUT2D eigenvalue weighted by Gasteiger charge is -2.29. The van der Waals surface area contributed by atoms with E-state index in [-0.39, 0.29) is 19.2 Å². The third kappa shape index (κ3) is 23.2. The molecular weight excluding hydrogens is 592 g/mol. The van der Waals surface area contributed by atoms with Crippen LogP contribution >= 0.6 is 0 Å². The van der Waals surface area contributed by atoms with Crippen molar-refractivity contribution in [3.05, 3.63) is 12.2 Å². The summed E-state index contributed by atoms with van der Waals surface area (Å²) >= 11 is 0. The zero-order chi connectivity index (χ0) is 35.8. The van der Waals surface area contributed by atoms with E-state index in [9.17, 15) is 19.2 Å². The predicted molar refractivity (Wildman–Crippen MR) is 181 cm³/mol. The first-order valence-corrected chi connectivity index (χ1v) is 16.5. The summed E-state index contributed by atoms with van der Waals surface area (Å²) < 4.78 is 22.1. The van der Waals surface area contributed by atoms with Crippen LogP contribution in [0.1, 0.15) is 116 Å². The minimum Gasteiger partial charge on any atom is -0.444 e. The Morgan fingerprint density at radius 3 is 1.26 bits per heavy atom. The van der Waals surface area contributed by atoms with E-state index in [1.807, 2.05) is 47.6 Å². The number of alkyl carbamates (subject to hydrolysis) is 1. The molecule has 0 aromatic rings. The van der Waals surface area contributed by atoms with Gasteiger partial charge in [0.05, 0.1) is 0 Å². The maximum atomic E-state index is 13.1. The van der Waals surface area contributed by atoms with Crippen LogP contribution in [0, 0.1) is 0 Å². The summed E-state index contributed by atoms with van der Waals surface area (Å²) in [6, 6.07) is 0. The van der Waals surface area contributed by atoms with Crippen molar-refractivity contribution in [3.63, 3.8) is 0 Å². The van der Waals surface area contributed by atoms with Crippen LogP contribution in [0.5, 0.6) is 0 Å². The first kappa shape index (κ1) is 42.8. The van der Waals surface area contributed by atoms with Gasteiger partial charge in [-0.15, -0.1) is 0 Å². The van der Waals surface area contributed by atoms with E-state index < -0.39 is 40.7 Å². The number of amides is 4. The van der Waals surface area contributed by atoms with Crippen molar-refractivity contribution in [3.8, 4) is 0 Å². The Bertz CT molecular complexity index is 972. The monoisotopic (exact) mass is 656 g/mol. The topological polar surface area (TPSA) is 127 Å². The second kappa shape index (κ2) is 19.5. The number of nitrogens with zero attached hydrogens (tertiary/aromatic N) is 3. The first-order chi connectivity index (χ1) is 20.9. The summed E-state index contributed by atoms with van der Waals surface area (Å²) in [5.74, 6) is 0. The Balaban J connectivity index is 5.48. The van der Waals surface area contributed by atoms with Gasteiger partial charge < -0.3 is 39.0 Å². The van der Waals surface area contributed by atoms with Gasteiger partial charge in [-0.3, -0.25) is 0 Å². The second-order valence-electron chi connectivity index (χ2n) is 15.3. The van der Waals surface area contributed by atoms with E-state index >= 15 is 0 Å². The fourth-order valence-electron chi connectivity index (χ4n) is 3.77. The molecule has 0 rings (SSSR count). The SMILES string of the molecule is CCCCN(CCCN(CC=CCN(CCCNC(=O)OC(C)(C)C)C(=O)OC(C)(C)C)C(=O)OC(C)(C)C)C(=O)OC(C)(C)C. The third-order valence-corrected chi connectivity index (χ3v) is 5.68. The molecule has 0 heterocycles. The standard InChI is InChI=1S/C34H64N4O8/c1-14-15-21-36(28(40)44-32(5,6)7)25-19-26-38(30(42)46-34(11,12)13)23-17-16-22-37(29(41)45-33(8,9)10)24-18-20-35-27(39)43-31(2,3)4/h16-17H,14-15,18-26H2,1-13H3,(H,35,39). The highest BCUT2D eigenvalue weighted by atomic mass is 16.6. The normalized spacial score (nSPS) is 12.4. The molecule has 0 fully saturated rings. The molecule has 12 nitrogen and oxygen atoms in total. The van der Waals surface area contributed by atoms with Crippen LogP contribution in [0.4, 0.5) is 19.2 Å². The minimum atomic E-state index is -0.677. The summed E-state index contributed by atoms with van der Waals surface area (Å²) in [6.45, 7) is 26.3. The van der Waals surface area contributed by atoms with Crippen molar-refractivity contribution < 1.29 is 38.1 Å². The lowest BCUT2D eigenvalue weighted by Crippen LogP contribution is -2.41. The van der Waals surface area contributed by atoms with Crippen LogP contribution in [0.15, 0.2) is 12.2 Å². The fraction of sp³-hybridized carbons (Fsp3) is 0.824. The lowest BCUT2D eigenvalue weighted by atomic mass is 10.2. The largest absolute Gasteiger partial charge is 0.444 e. The van der Waals surface area contributed by atoms with E-state index in [4.69, 9.17) is 18.9 Å². The molecule has 0 saturated heterocycles. The number of unbranched alkanes of at least 4 members (excludes halogenated alkanes) is 1. The van der Waals surface area contributed by atoms with Gasteiger partial charge in [-0.25, -0.2) is 19.2 Å². The van der Waals surface area contributed by atoms with E-state index in [1.54, 1.807) is 62.3 Å². The Labute approximate surface area is 278 Å². The molecule has 0 aliphatic carbocycles. The van der Waals surface area contributed by atoms with Crippen LogP contribution in [-0.2, 0) is 18.9 Å². The molecule has 0 spiro atoms. The lowest BCUT2D eigenvalue weighted by molar-refractivity contribution is 0.0208. The smallest absolute Gasteiger partial charge is 0.410 e. The van der Waals surface area contributed by atoms with E-state index in [0.29, 0.717) is 45.6 Å². The molecule has 4 amide bonds. The predicted octanol–water partition coefficient (Wildman–Crippen LogP) is 7.36. The summed E-state index contributed by atoms with van der Waals surface area (Å²) in [5.41, 5.74) is -2.55. The van der Waals surface area contributed by atoms with Gasteiger partial charge in [-0.1, -0.05) is 25.5 Å². The summed E-state index contributed by atoms with van der Waals surface area (Å²) in [5, 5.41) is 2.70. The van der Waals surface area contributed by atoms with Crippen LogP contribution in [-0.4, -0.2) is 107 Å². The van der Waals surface area contributed by atoms with Gasteiger partial charge in [0.1, 0.15) is 22.4 Å². The zero-order valence-corrected chi connectivity index (χ0v) is 31.0. The number of rotatable bonds is 15. The molecule has 12 heteroatoms. The van der Waals surface area contributed by atoms with Crippen LogP contribution in [0.25, 0.3) is 0 Å². The van der Waals surface area contributed by atoms with E-state index in [2.05, 4.69) is 12.2 Å². The van der Waals surface area contributed by atoms with Crippen molar-refractivity contribution in [1.29, 1.82) is 0 Å². The molecule has 268 valence electrons. The number of hydrogen-bond donors (Lipinski definition) is 1. The molecule has 0 saturated carbocycles. The molecule has 0 aromatic heterocycles. The van der Waals surface area contributed by atoms with Crippen LogP contribution in [0.2, 0.25) is 0 Å². The minimum absolute atomic E-state index is 0.243. The number of carbonyl (C=O) groups excluding carboxylic acids is 4. The van der Waals surface area contributed by atoms with Crippen LogP contribution in [0.3, 0.4) is 0 Å². The quantitative estimate of drug-likeness (QED) is 0.110. The molecule has 0 radical (unpaired) electrons. The Kier molecular flexibility index (Phi) is 18.1. The summed E-state index contributed by atoms with van der Waals surface area (Å²) in [7, 11) is 0. The Hall–Kier alpha value is -3.18. The van der Waals surface area contributed by atoms with E-state index in [1.165, 1.54) is 0 Å². The van der Waals surface area contributed by atoms with Gasteiger partial charge >= 0.3 is 24.4 Å². The van der Waals surface area contributed by atoms with E-state index in [0.717, 1.165) is 12.8 Å². The fourth-order valence-corrected chi connectivity index (χ4v) is 3.77. The van der Waals surface area contributed by atoms with Gasteiger partial charge in [0.2, 0.25) is 0 Å². The van der Waals surface area contributed by atoms with Crippen molar-refractivity contribution in [2.75, 3.05) is 45.8 Å². The highest BCUT2D eigenvalue weighted by Gasteiger charge is 2.25. The molecule has 0 aliphatic heterocycles. The molecule has 0 aromatic carbocycles. The Morgan fingerprint density at radius 2 is 0.870 bits per heavy atom. The zero-order valence-electron chi connectivity index (χ0n) is 31.0.